The molecule has 4 rings (SSSR count). The monoisotopic (exact) mass is 380 g/mol. The summed E-state index contributed by atoms with van der Waals surface area (Å²) < 4.78 is 13.3. The minimum absolute atomic E-state index is 0.0467. The van der Waals surface area contributed by atoms with Gasteiger partial charge in [-0.25, -0.2) is 9.38 Å². The van der Waals surface area contributed by atoms with Crippen LogP contribution in [0.25, 0.3) is 22.1 Å². The number of aryl methyl sites for hydroxylation is 2. The van der Waals surface area contributed by atoms with Crippen molar-refractivity contribution in [1.29, 1.82) is 0 Å². The van der Waals surface area contributed by atoms with Gasteiger partial charge >= 0.3 is 0 Å². The standard InChI is InChI=1S/C21H20N2O3S/c1-5-26-17-10-14(7-9-16(17)25-4)11-18-20(24)23-15-8-6-12(2)13(3)19(15)22-21(23)27-18/h6-11H,5H2,1-4H3/b18-11-. The van der Waals surface area contributed by atoms with Crippen molar-refractivity contribution in [3.8, 4) is 11.5 Å². The summed E-state index contributed by atoms with van der Waals surface area (Å²) in [4.78, 5) is 18.4. The molecule has 0 N–H and O–H groups in total. The summed E-state index contributed by atoms with van der Waals surface area (Å²) in [6, 6.07) is 9.65. The first-order valence-corrected chi connectivity index (χ1v) is 9.59. The average molecular weight is 380 g/mol. The van der Waals surface area contributed by atoms with E-state index in [1.807, 2.05) is 50.3 Å². The van der Waals surface area contributed by atoms with Crippen molar-refractivity contribution in [3.63, 3.8) is 0 Å². The zero-order chi connectivity index (χ0) is 19.1. The summed E-state index contributed by atoms with van der Waals surface area (Å²) in [5.74, 6) is 1.34. The van der Waals surface area contributed by atoms with Crippen molar-refractivity contribution < 1.29 is 9.47 Å². The van der Waals surface area contributed by atoms with Gasteiger partial charge in [0.25, 0.3) is 5.56 Å². The van der Waals surface area contributed by atoms with E-state index in [1.165, 1.54) is 16.9 Å². The van der Waals surface area contributed by atoms with Crippen molar-refractivity contribution in [2.45, 2.75) is 20.8 Å². The fourth-order valence-electron chi connectivity index (χ4n) is 3.17. The van der Waals surface area contributed by atoms with Gasteiger partial charge in [-0.15, -0.1) is 0 Å². The summed E-state index contributed by atoms with van der Waals surface area (Å²) in [7, 11) is 1.61. The largest absolute Gasteiger partial charge is 0.493 e. The average Bonchev–Trinajstić information content (AvgIpc) is 3.16. The Balaban J connectivity index is 1.90. The van der Waals surface area contributed by atoms with Gasteiger partial charge in [-0.3, -0.25) is 4.79 Å². The van der Waals surface area contributed by atoms with Gasteiger partial charge in [0.15, 0.2) is 16.5 Å². The van der Waals surface area contributed by atoms with Crippen LogP contribution >= 0.6 is 11.3 Å². The van der Waals surface area contributed by atoms with Gasteiger partial charge in [-0.2, -0.15) is 0 Å². The smallest absolute Gasteiger partial charge is 0.274 e. The summed E-state index contributed by atoms with van der Waals surface area (Å²) in [5.41, 5.74) is 4.89. The van der Waals surface area contributed by atoms with Gasteiger partial charge in [-0.05, 0) is 61.7 Å². The maximum atomic E-state index is 13.0. The summed E-state index contributed by atoms with van der Waals surface area (Å²) in [6.45, 7) is 6.57. The van der Waals surface area contributed by atoms with Crippen LogP contribution < -0.4 is 19.6 Å². The molecule has 2 heterocycles. The maximum Gasteiger partial charge on any atom is 0.274 e. The normalized spacial score (nSPS) is 12.2. The number of hydrogen-bond donors (Lipinski definition) is 0. The molecule has 0 radical (unpaired) electrons. The van der Waals surface area contributed by atoms with E-state index in [-0.39, 0.29) is 5.56 Å². The zero-order valence-electron chi connectivity index (χ0n) is 15.7. The number of nitrogens with zero attached hydrogens (tertiary/aromatic N) is 2. The Kier molecular flexibility index (Phi) is 4.36. The van der Waals surface area contributed by atoms with Crippen molar-refractivity contribution in [2.24, 2.45) is 0 Å². The predicted octanol–water partition coefficient (Wildman–Crippen LogP) is 3.48. The van der Waals surface area contributed by atoms with Gasteiger partial charge in [0.1, 0.15) is 0 Å². The molecule has 0 bridgehead atoms. The van der Waals surface area contributed by atoms with Gasteiger partial charge in [0.2, 0.25) is 0 Å². The van der Waals surface area contributed by atoms with Crippen LogP contribution in [0.1, 0.15) is 23.6 Å². The Hall–Kier alpha value is -2.86. The summed E-state index contributed by atoms with van der Waals surface area (Å²) in [5, 5.41) is 0. The van der Waals surface area contributed by atoms with E-state index in [1.54, 1.807) is 11.5 Å². The van der Waals surface area contributed by atoms with Crippen LogP contribution in [-0.4, -0.2) is 23.1 Å². The lowest BCUT2D eigenvalue weighted by Crippen LogP contribution is -2.22. The van der Waals surface area contributed by atoms with Crippen molar-refractivity contribution >= 4 is 33.4 Å². The highest BCUT2D eigenvalue weighted by molar-refractivity contribution is 7.15. The van der Waals surface area contributed by atoms with E-state index in [0.29, 0.717) is 27.6 Å². The van der Waals surface area contributed by atoms with E-state index in [9.17, 15) is 4.79 Å². The first kappa shape index (κ1) is 17.5. The van der Waals surface area contributed by atoms with Crippen molar-refractivity contribution in [1.82, 2.24) is 9.38 Å². The second-order valence-corrected chi connectivity index (χ2v) is 7.37. The molecule has 0 aliphatic heterocycles. The lowest BCUT2D eigenvalue weighted by molar-refractivity contribution is 0.311. The third kappa shape index (κ3) is 2.86. The van der Waals surface area contributed by atoms with Gasteiger partial charge in [0.05, 0.1) is 29.3 Å². The molecule has 0 atom stereocenters. The van der Waals surface area contributed by atoms with E-state index < -0.39 is 0 Å². The van der Waals surface area contributed by atoms with E-state index in [0.717, 1.165) is 22.2 Å². The minimum Gasteiger partial charge on any atom is -0.493 e. The molecule has 0 aliphatic rings. The SMILES string of the molecule is CCOc1cc(/C=c2\sc3nc4c(C)c(C)ccc4n3c2=O)ccc1OC. The molecular weight excluding hydrogens is 360 g/mol. The first-order chi connectivity index (χ1) is 13.0. The molecule has 27 heavy (non-hydrogen) atoms. The second-order valence-electron chi connectivity index (χ2n) is 6.36. The molecule has 2 aromatic carbocycles. The highest BCUT2D eigenvalue weighted by Gasteiger charge is 2.13. The Bertz CT molecular complexity index is 1270. The number of rotatable bonds is 4. The Labute approximate surface area is 160 Å². The number of ether oxygens (including phenoxy) is 2. The third-order valence-corrected chi connectivity index (χ3v) is 5.69. The molecule has 0 aliphatic carbocycles. The molecule has 5 nitrogen and oxygen atoms in total. The molecular formula is C21H20N2O3S. The quantitative estimate of drug-likeness (QED) is 0.544. The van der Waals surface area contributed by atoms with E-state index >= 15 is 0 Å². The lowest BCUT2D eigenvalue weighted by Gasteiger charge is -2.09. The number of aromatic nitrogens is 2. The highest BCUT2D eigenvalue weighted by atomic mass is 32.1. The molecule has 0 saturated carbocycles. The van der Waals surface area contributed by atoms with Gasteiger partial charge < -0.3 is 9.47 Å². The molecule has 138 valence electrons. The van der Waals surface area contributed by atoms with Crippen molar-refractivity contribution in [2.75, 3.05) is 13.7 Å². The minimum atomic E-state index is -0.0467. The molecule has 0 saturated heterocycles. The predicted molar refractivity (Wildman–Crippen MR) is 109 cm³/mol. The summed E-state index contributed by atoms with van der Waals surface area (Å²) in [6.07, 6.45) is 1.87. The van der Waals surface area contributed by atoms with Crippen LogP contribution in [0.3, 0.4) is 0 Å². The van der Waals surface area contributed by atoms with Gasteiger partial charge in [-0.1, -0.05) is 23.5 Å². The Morgan fingerprint density at radius 2 is 2.00 bits per heavy atom. The van der Waals surface area contributed by atoms with Crippen LogP contribution in [0, 0.1) is 13.8 Å². The Morgan fingerprint density at radius 1 is 1.19 bits per heavy atom. The van der Waals surface area contributed by atoms with Crippen LogP contribution in [0.15, 0.2) is 35.1 Å². The third-order valence-electron chi connectivity index (χ3n) is 4.72. The van der Waals surface area contributed by atoms with E-state index in [2.05, 4.69) is 11.9 Å². The van der Waals surface area contributed by atoms with Crippen LogP contribution in [-0.2, 0) is 0 Å². The van der Waals surface area contributed by atoms with Crippen LogP contribution in [0.5, 0.6) is 11.5 Å². The number of benzene rings is 2. The number of imidazole rings is 1. The van der Waals surface area contributed by atoms with Crippen LogP contribution in [0.4, 0.5) is 0 Å². The fourth-order valence-corrected chi connectivity index (χ4v) is 4.15. The molecule has 0 spiro atoms. The molecule has 6 heteroatoms. The summed E-state index contributed by atoms with van der Waals surface area (Å²) >= 11 is 1.40. The van der Waals surface area contributed by atoms with Gasteiger partial charge in [0, 0.05) is 0 Å². The maximum absolute atomic E-state index is 13.0. The first-order valence-electron chi connectivity index (χ1n) is 8.77. The molecule has 0 amide bonds. The number of hydrogen-bond acceptors (Lipinski definition) is 5. The number of thiazole rings is 1. The topological polar surface area (TPSA) is 52.8 Å². The second kappa shape index (κ2) is 6.70. The number of methoxy groups -OCH3 is 1. The molecule has 2 aromatic heterocycles. The zero-order valence-corrected chi connectivity index (χ0v) is 16.5. The number of fused-ring (bicyclic) bond motifs is 3. The molecule has 4 aromatic rings. The van der Waals surface area contributed by atoms with Crippen LogP contribution in [0.2, 0.25) is 0 Å². The Morgan fingerprint density at radius 3 is 2.74 bits per heavy atom. The molecule has 0 unspecified atom stereocenters. The molecule has 0 fully saturated rings. The highest BCUT2D eigenvalue weighted by Crippen LogP contribution is 2.28. The lowest BCUT2D eigenvalue weighted by atomic mass is 10.1. The fraction of sp³-hybridized carbons (Fsp3) is 0.238. The van der Waals surface area contributed by atoms with Crippen molar-refractivity contribution in [3.05, 3.63) is 61.9 Å². The van der Waals surface area contributed by atoms with E-state index in [4.69, 9.17) is 9.47 Å².